The second kappa shape index (κ2) is 12.9. The number of H-pyrrole nitrogens is 2. The number of hydrogen-bond donors (Lipinski definition) is 4. The van der Waals surface area contributed by atoms with Gasteiger partial charge >= 0.3 is 6.09 Å². The number of piperidine rings is 2. The number of ether oxygens (including phenoxy) is 2. The summed E-state index contributed by atoms with van der Waals surface area (Å²) >= 11 is 13.4. The number of imidazole rings is 2. The number of aromatic nitrogens is 4. The van der Waals surface area contributed by atoms with Crippen molar-refractivity contribution in [3.8, 4) is 33.6 Å². The SMILES string of the molecule is COC(=O)NC(C(=O)N1C(c2nc(-c3ccc(-c4ccc(-c5nc(C6CC7CC7N6)[nH]c5Cl)cc4)cc3)c(Cl)[nH]2)CC2C(C)C21)C1CCOCC1. The van der Waals surface area contributed by atoms with E-state index in [2.05, 4.69) is 63.9 Å². The number of nitrogens with zero attached hydrogens (tertiary/aromatic N) is 3. The molecule has 11 nitrogen and oxygen atoms in total. The second-order valence-electron chi connectivity index (χ2n) is 14.9. The van der Waals surface area contributed by atoms with E-state index in [0.717, 1.165) is 52.5 Å². The fourth-order valence-electron chi connectivity index (χ4n) is 8.85. The van der Waals surface area contributed by atoms with Crippen LogP contribution < -0.4 is 10.6 Å². The molecule has 5 heterocycles. The number of aromatic amines is 2. The number of halogens is 2. The van der Waals surface area contributed by atoms with Gasteiger partial charge in [-0.2, -0.15) is 0 Å². The van der Waals surface area contributed by atoms with Crippen molar-refractivity contribution in [1.29, 1.82) is 0 Å². The van der Waals surface area contributed by atoms with E-state index in [0.29, 0.717) is 65.8 Å². The van der Waals surface area contributed by atoms with E-state index in [1.54, 1.807) is 0 Å². The number of rotatable bonds is 8. The topological polar surface area (TPSA) is 137 Å². The molecule has 0 radical (unpaired) electrons. The van der Waals surface area contributed by atoms with Crippen LogP contribution in [0.1, 0.15) is 62.8 Å². The van der Waals surface area contributed by atoms with Crippen LogP contribution in [-0.2, 0) is 14.3 Å². The maximum absolute atomic E-state index is 14.3. The van der Waals surface area contributed by atoms with Gasteiger partial charge in [0.05, 0.1) is 19.2 Å². The van der Waals surface area contributed by atoms with Gasteiger partial charge in [-0.15, -0.1) is 0 Å². The Morgan fingerprint density at radius 3 is 2.06 bits per heavy atom. The Balaban J connectivity index is 0.920. The predicted octanol–water partition coefficient (Wildman–Crippen LogP) is 6.92. The molecule has 2 aromatic carbocycles. The van der Waals surface area contributed by atoms with Crippen molar-refractivity contribution in [3.63, 3.8) is 0 Å². The third kappa shape index (κ3) is 6.01. The number of carbonyl (C=O) groups excluding carboxylic acids is 2. The molecule has 3 saturated heterocycles. The standard InChI is InChI=1S/C38H41Cl2N7O4/c1-18-25-17-28(47(32(18)25)37(48)31(44-38(49)50-2)23-11-13-51-14-12-23)36-43-30(34(40)46-36)22-9-5-20(6-10-22)19-3-7-21(8-4-19)29-33(39)45-35(42-29)27-16-24-15-26(24)41-27/h3-10,18,23-28,31-32,41H,11-17H2,1-2H3,(H,42,45)(H,43,46)(H,44,49). The maximum atomic E-state index is 14.3. The Morgan fingerprint density at radius 1 is 0.882 bits per heavy atom. The van der Waals surface area contributed by atoms with Crippen molar-refractivity contribution in [2.45, 2.75) is 69.2 Å². The number of amides is 2. The van der Waals surface area contributed by atoms with Gasteiger partial charge in [0.2, 0.25) is 5.91 Å². The number of carbonyl (C=O) groups is 2. The van der Waals surface area contributed by atoms with Crippen LogP contribution in [0.4, 0.5) is 4.79 Å². The Morgan fingerprint density at radius 2 is 1.47 bits per heavy atom. The van der Waals surface area contributed by atoms with Gasteiger partial charge in [-0.1, -0.05) is 78.7 Å². The summed E-state index contributed by atoms with van der Waals surface area (Å²) in [5.74, 6) is 2.98. The van der Waals surface area contributed by atoms with Crippen LogP contribution in [-0.4, -0.2) is 75.3 Å². The van der Waals surface area contributed by atoms with Gasteiger partial charge in [0.15, 0.2) is 0 Å². The van der Waals surface area contributed by atoms with E-state index in [1.807, 2.05) is 17.0 Å². The van der Waals surface area contributed by atoms with E-state index >= 15 is 0 Å². The first-order valence-corrected chi connectivity index (χ1v) is 18.8. The Hall–Kier alpha value is -3.90. The number of alkyl carbamates (subject to hydrolysis) is 1. The number of fused-ring (bicyclic) bond motifs is 2. The molecule has 2 aromatic heterocycles. The molecule has 8 atom stereocenters. The molecule has 9 rings (SSSR count). The van der Waals surface area contributed by atoms with Crippen molar-refractivity contribution in [2.75, 3.05) is 20.3 Å². The number of methoxy groups -OCH3 is 1. The first-order chi connectivity index (χ1) is 24.8. The van der Waals surface area contributed by atoms with Gasteiger partial charge < -0.3 is 35.0 Å². The van der Waals surface area contributed by atoms with E-state index in [9.17, 15) is 9.59 Å². The summed E-state index contributed by atoms with van der Waals surface area (Å²) in [4.78, 5) is 45.0. The maximum Gasteiger partial charge on any atom is 0.407 e. The largest absolute Gasteiger partial charge is 0.453 e. The van der Waals surface area contributed by atoms with Crippen LogP contribution >= 0.6 is 23.2 Å². The number of nitrogens with one attached hydrogen (secondary N) is 4. The fourth-order valence-corrected chi connectivity index (χ4v) is 9.35. The summed E-state index contributed by atoms with van der Waals surface area (Å²) in [6.07, 6.45) is 3.95. The quantitative estimate of drug-likeness (QED) is 0.155. The molecule has 4 N–H and O–H groups in total. The van der Waals surface area contributed by atoms with E-state index in [4.69, 9.17) is 42.6 Å². The molecule has 2 saturated carbocycles. The highest BCUT2D eigenvalue weighted by Crippen LogP contribution is 2.58. The minimum atomic E-state index is -0.699. The fraction of sp³-hybridized carbons (Fsp3) is 0.474. The third-order valence-electron chi connectivity index (χ3n) is 11.9. The van der Waals surface area contributed by atoms with E-state index in [1.165, 1.54) is 13.5 Å². The number of likely N-dealkylation sites (tertiary alicyclic amines) is 1. The van der Waals surface area contributed by atoms with Crippen molar-refractivity contribution in [2.24, 2.45) is 23.7 Å². The average molecular weight is 731 g/mol. The summed E-state index contributed by atoms with van der Waals surface area (Å²) < 4.78 is 10.5. The summed E-state index contributed by atoms with van der Waals surface area (Å²) in [5, 5.41) is 7.47. The molecule has 3 aliphatic heterocycles. The highest BCUT2D eigenvalue weighted by molar-refractivity contribution is 6.32. The zero-order valence-corrected chi connectivity index (χ0v) is 30.0. The summed E-state index contributed by atoms with van der Waals surface area (Å²) in [7, 11) is 1.32. The lowest BCUT2D eigenvalue weighted by Gasteiger charge is -2.35. The van der Waals surface area contributed by atoms with Crippen LogP contribution in [0.5, 0.6) is 0 Å². The van der Waals surface area contributed by atoms with Crippen molar-refractivity contribution >= 4 is 35.2 Å². The molecular weight excluding hydrogens is 689 g/mol. The average Bonchev–Trinajstić information content (AvgIpc) is 3.65. The van der Waals surface area contributed by atoms with Gasteiger partial charge in [-0.3, -0.25) is 4.79 Å². The van der Waals surface area contributed by atoms with Crippen molar-refractivity contribution in [1.82, 2.24) is 35.5 Å². The van der Waals surface area contributed by atoms with Gasteiger partial charge in [-0.05, 0) is 66.9 Å². The first kappa shape index (κ1) is 33.0. The van der Waals surface area contributed by atoms with Crippen LogP contribution in [0.3, 0.4) is 0 Å². The summed E-state index contributed by atoms with van der Waals surface area (Å²) in [6.45, 7) is 3.30. The zero-order chi connectivity index (χ0) is 35.0. The number of hydrogen-bond acceptors (Lipinski definition) is 7. The molecule has 2 amide bonds. The van der Waals surface area contributed by atoms with Gasteiger partial charge in [0.1, 0.15) is 39.4 Å². The van der Waals surface area contributed by atoms with Crippen LogP contribution in [0.15, 0.2) is 48.5 Å². The highest BCUT2D eigenvalue weighted by Gasteiger charge is 2.62. The third-order valence-corrected chi connectivity index (χ3v) is 12.5. The molecule has 0 bridgehead atoms. The monoisotopic (exact) mass is 729 g/mol. The van der Waals surface area contributed by atoms with Crippen molar-refractivity contribution < 1.29 is 19.1 Å². The predicted molar refractivity (Wildman–Crippen MR) is 193 cm³/mol. The normalized spacial score (nSPS) is 28.6. The molecule has 0 spiro atoms. The molecule has 51 heavy (non-hydrogen) atoms. The van der Waals surface area contributed by atoms with Crippen molar-refractivity contribution in [3.05, 3.63) is 70.5 Å². The Labute approximate surface area is 306 Å². The molecular formula is C38H41Cl2N7O4. The van der Waals surface area contributed by atoms with Gasteiger partial charge in [0, 0.05) is 36.4 Å². The molecule has 5 fully saturated rings. The minimum absolute atomic E-state index is 0.0370. The van der Waals surface area contributed by atoms with E-state index in [-0.39, 0.29) is 30.0 Å². The smallest absolute Gasteiger partial charge is 0.407 e. The molecule has 5 aliphatic rings. The van der Waals surface area contributed by atoms with Gasteiger partial charge in [-0.25, -0.2) is 14.8 Å². The second-order valence-corrected chi connectivity index (χ2v) is 15.6. The zero-order valence-electron chi connectivity index (χ0n) is 28.5. The number of benzene rings is 2. The van der Waals surface area contributed by atoms with Crippen LogP contribution in [0.2, 0.25) is 10.3 Å². The van der Waals surface area contributed by atoms with Crippen LogP contribution in [0, 0.1) is 23.7 Å². The Kier molecular flexibility index (Phi) is 8.37. The highest BCUT2D eigenvalue weighted by atomic mass is 35.5. The van der Waals surface area contributed by atoms with Gasteiger partial charge in [0.25, 0.3) is 0 Å². The first-order valence-electron chi connectivity index (χ1n) is 18.0. The molecule has 4 aromatic rings. The molecule has 2 aliphatic carbocycles. The molecule has 13 heteroatoms. The Bertz CT molecular complexity index is 1950. The minimum Gasteiger partial charge on any atom is -0.453 e. The lowest BCUT2D eigenvalue weighted by atomic mass is 9.90. The van der Waals surface area contributed by atoms with Crippen LogP contribution in [0.25, 0.3) is 33.6 Å². The summed E-state index contributed by atoms with van der Waals surface area (Å²) in [5.41, 5.74) is 5.37. The molecule has 266 valence electrons. The lowest BCUT2D eigenvalue weighted by molar-refractivity contribution is -0.138. The lowest BCUT2D eigenvalue weighted by Crippen LogP contribution is -2.54. The van der Waals surface area contributed by atoms with E-state index < -0.39 is 12.1 Å². The molecule has 8 unspecified atom stereocenters. The summed E-state index contributed by atoms with van der Waals surface area (Å²) in [6, 6.07) is 16.4.